The van der Waals surface area contributed by atoms with Gasteiger partial charge in [0.05, 0.1) is 11.2 Å². The summed E-state index contributed by atoms with van der Waals surface area (Å²) in [4.78, 5) is 9.60. The third kappa shape index (κ3) is 5.70. The molecule has 0 N–H and O–H groups in total. The number of rotatable bonds is 4. The molecule has 2 aliphatic heterocycles. The molecule has 2 unspecified atom stereocenters. The third-order valence-electron chi connectivity index (χ3n) is 7.31. The van der Waals surface area contributed by atoms with Gasteiger partial charge in [0.15, 0.2) is 0 Å². The highest BCUT2D eigenvalue weighted by molar-refractivity contribution is 14.1. The lowest BCUT2D eigenvalue weighted by atomic mass is 9.92. The highest BCUT2D eigenvalue weighted by atomic mass is 127. The van der Waals surface area contributed by atoms with Crippen LogP contribution in [0.5, 0.6) is 5.75 Å². The lowest BCUT2D eigenvalue weighted by Crippen LogP contribution is -2.34. The Hall–Kier alpha value is -2.72. The maximum atomic E-state index is 6.26. The molecule has 2 heterocycles. The number of alkyl halides is 2. The van der Waals surface area contributed by atoms with Gasteiger partial charge in [-0.15, -0.1) is 0 Å². The van der Waals surface area contributed by atoms with Crippen molar-refractivity contribution in [1.29, 1.82) is 0 Å². The second-order valence-corrected chi connectivity index (χ2v) is 12.0. The van der Waals surface area contributed by atoms with Crippen LogP contribution < -0.4 is 4.74 Å². The topological polar surface area (TPSA) is 43.2 Å². The average molecular weight is 754 g/mol. The maximum Gasteiger partial charge on any atom is 0.223 e. The van der Waals surface area contributed by atoms with Gasteiger partial charge in [0.1, 0.15) is 11.4 Å². The van der Waals surface area contributed by atoms with Crippen LogP contribution in [-0.4, -0.2) is 20.7 Å². The van der Waals surface area contributed by atoms with Gasteiger partial charge in [0.25, 0.3) is 0 Å². The molecule has 0 radical (unpaired) electrons. The van der Waals surface area contributed by atoms with Crippen molar-refractivity contribution in [3.63, 3.8) is 0 Å². The molecule has 0 aliphatic carbocycles. The number of para-hydroxylation sites is 2. The van der Waals surface area contributed by atoms with E-state index < -0.39 is 0 Å². The van der Waals surface area contributed by atoms with E-state index in [4.69, 9.17) is 19.5 Å². The minimum atomic E-state index is -0.323. The number of aliphatic imine (C=N–C) groups is 2. The second-order valence-electron chi connectivity index (χ2n) is 10.5. The van der Waals surface area contributed by atoms with E-state index >= 15 is 0 Å². The first-order valence-electron chi connectivity index (χ1n) is 13.3. The number of ether oxygens (including phenoxy) is 2. The fourth-order valence-electron chi connectivity index (χ4n) is 4.89. The molecule has 0 saturated carbocycles. The number of aryl methyl sites for hydroxylation is 2. The Kier molecular flexibility index (Phi) is 8.66. The van der Waals surface area contributed by atoms with E-state index in [9.17, 15) is 0 Å². The van der Waals surface area contributed by atoms with E-state index in [-0.39, 0.29) is 11.1 Å². The Labute approximate surface area is 264 Å². The van der Waals surface area contributed by atoms with Gasteiger partial charge in [-0.1, -0.05) is 118 Å². The van der Waals surface area contributed by atoms with Gasteiger partial charge in [-0.05, 0) is 63.1 Å². The molecule has 0 saturated heterocycles. The van der Waals surface area contributed by atoms with E-state index in [1.807, 2.05) is 54.6 Å². The number of benzene rings is 4. The monoisotopic (exact) mass is 754 g/mol. The molecule has 6 rings (SSSR count). The van der Waals surface area contributed by atoms with Crippen LogP contribution in [0.3, 0.4) is 0 Å². The standard InChI is InChI=1S/2C17H16INO/c1-12-7-3-4-8-13(12)16-19-17(2,11-18)14-9-5-6-10-15(14)20-16;1-12-7-3-4-8-13(12)16-19-15-10-6-5-9-14(15)17(2,11-18)20-16/h2*3-10H,11H2,1-2H3. The zero-order valence-electron chi connectivity index (χ0n) is 23.1. The van der Waals surface area contributed by atoms with E-state index in [1.165, 1.54) is 11.1 Å². The summed E-state index contributed by atoms with van der Waals surface area (Å²) < 4.78 is 14.1. The Morgan fingerprint density at radius 1 is 0.650 bits per heavy atom. The maximum absolute atomic E-state index is 6.26. The summed E-state index contributed by atoms with van der Waals surface area (Å²) in [5, 5.41) is 0. The normalized spacial score (nSPS) is 20.9. The molecule has 40 heavy (non-hydrogen) atoms. The van der Waals surface area contributed by atoms with Crippen LogP contribution in [0.1, 0.15) is 47.2 Å². The van der Waals surface area contributed by atoms with Crippen LogP contribution >= 0.6 is 45.2 Å². The van der Waals surface area contributed by atoms with Gasteiger partial charge in [0, 0.05) is 31.1 Å². The second kappa shape index (κ2) is 12.0. The minimum Gasteiger partial charge on any atom is -0.465 e. The average Bonchev–Trinajstić information content (AvgIpc) is 2.98. The van der Waals surface area contributed by atoms with Crippen LogP contribution in [0.15, 0.2) is 107 Å². The van der Waals surface area contributed by atoms with E-state index in [1.54, 1.807) is 0 Å². The molecule has 4 nitrogen and oxygen atoms in total. The van der Waals surface area contributed by atoms with Crippen molar-refractivity contribution in [3.05, 3.63) is 130 Å². The zero-order valence-corrected chi connectivity index (χ0v) is 27.4. The fourth-order valence-corrected chi connectivity index (χ4v) is 6.04. The molecule has 6 heteroatoms. The van der Waals surface area contributed by atoms with Crippen LogP contribution in [0, 0.1) is 13.8 Å². The van der Waals surface area contributed by atoms with Crippen molar-refractivity contribution in [2.24, 2.45) is 9.98 Å². The summed E-state index contributed by atoms with van der Waals surface area (Å²) >= 11 is 4.77. The molecule has 0 aromatic heterocycles. The predicted octanol–water partition coefficient (Wildman–Crippen LogP) is 9.24. The largest absolute Gasteiger partial charge is 0.465 e. The summed E-state index contributed by atoms with van der Waals surface area (Å²) in [7, 11) is 0. The highest BCUT2D eigenvalue weighted by Crippen LogP contribution is 2.41. The van der Waals surface area contributed by atoms with Crippen LogP contribution in [0.25, 0.3) is 0 Å². The molecular formula is C34H32I2N2O2. The number of fused-ring (bicyclic) bond motifs is 2. The van der Waals surface area contributed by atoms with E-state index in [0.29, 0.717) is 0 Å². The molecule has 4 aromatic carbocycles. The van der Waals surface area contributed by atoms with Crippen molar-refractivity contribution in [1.82, 2.24) is 0 Å². The van der Waals surface area contributed by atoms with Gasteiger partial charge in [0.2, 0.25) is 11.8 Å². The van der Waals surface area contributed by atoms with Crippen molar-refractivity contribution < 1.29 is 9.47 Å². The molecule has 2 aliphatic rings. The molecule has 204 valence electrons. The van der Waals surface area contributed by atoms with Crippen molar-refractivity contribution in [2.45, 2.75) is 38.8 Å². The van der Waals surface area contributed by atoms with Crippen molar-refractivity contribution in [2.75, 3.05) is 8.86 Å². The SMILES string of the molecule is Cc1ccccc1C1=NC(C)(CI)c2ccccc2O1.Cc1ccccc1C1=Nc2ccccc2C(C)(CI)O1. The van der Waals surface area contributed by atoms with Crippen LogP contribution in [0.4, 0.5) is 5.69 Å². The number of hydrogen-bond acceptors (Lipinski definition) is 4. The Bertz CT molecular complexity index is 1600. The first-order chi connectivity index (χ1) is 19.3. The highest BCUT2D eigenvalue weighted by Gasteiger charge is 2.36. The van der Waals surface area contributed by atoms with Gasteiger partial charge in [-0.3, -0.25) is 0 Å². The first kappa shape index (κ1) is 28.8. The summed E-state index contributed by atoms with van der Waals surface area (Å²) in [5.74, 6) is 2.36. The first-order valence-corrected chi connectivity index (χ1v) is 16.3. The number of nitrogens with zero attached hydrogens (tertiary/aromatic N) is 2. The lowest BCUT2D eigenvalue weighted by molar-refractivity contribution is 0.0998. The molecule has 0 spiro atoms. The quantitative estimate of drug-likeness (QED) is 0.154. The van der Waals surface area contributed by atoms with Gasteiger partial charge >= 0.3 is 0 Å². The smallest absolute Gasteiger partial charge is 0.223 e. The fraction of sp³-hybridized carbons (Fsp3) is 0.235. The van der Waals surface area contributed by atoms with Crippen LogP contribution in [0.2, 0.25) is 0 Å². The number of hydrogen-bond donors (Lipinski definition) is 0. The Balaban J connectivity index is 0.000000161. The Morgan fingerprint density at radius 2 is 1.20 bits per heavy atom. The Morgan fingerprint density at radius 3 is 1.82 bits per heavy atom. The van der Waals surface area contributed by atoms with E-state index in [0.717, 1.165) is 54.3 Å². The minimum absolute atomic E-state index is 0.229. The van der Waals surface area contributed by atoms with Gasteiger partial charge in [-0.25, -0.2) is 9.98 Å². The molecule has 0 fully saturated rings. The van der Waals surface area contributed by atoms with Gasteiger partial charge < -0.3 is 9.47 Å². The van der Waals surface area contributed by atoms with Gasteiger partial charge in [-0.2, -0.15) is 0 Å². The number of halogens is 2. The van der Waals surface area contributed by atoms with Crippen molar-refractivity contribution in [3.8, 4) is 5.75 Å². The third-order valence-corrected chi connectivity index (χ3v) is 10.2. The molecule has 2 atom stereocenters. The summed E-state index contributed by atoms with van der Waals surface area (Å²) in [6, 6.07) is 32.8. The molecule has 0 bridgehead atoms. The summed E-state index contributed by atoms with van der Waals surface area (Å²) in [5.41, 5.74) is 7.28. The zero-order chi connectivity index (χ0) is 28.3. The van der Waals surface area contributed by atoms with Crippen molar-refractivity contribution >= 4 is 62.7 Å². The van der Waals surface area contributed by atoms with E-state index in [2.05, 4.69) is 115 Å². The molecular weight excluding hydrogens is 722 g/mol. The molecule has 0 amide bonds. The lowest BCUT2D eigenvalue weighted by Gasteiger charge is -2.34. The van der Waals surface area contributed by atoms with Crippen LogP contribution in [-0.2, 0) is 15.9 Å². The molecule has 4 aromatic rings. The summed E-state index contributed by atoms with van der Waals surface area (Å²) in [6.45, 7) is 8.47. The summed E-state index contributed by atoms with van der Waals surface area (Å²) in [6.07, 6.45) is 0. The predicted molar refractivity (Wildman–Crippen MR) is 182 cm³/mol.